The van der Waals surface area contributed by atoms with Gasteiger partial charge in [0.15, 0.2) is 0 Å². The first-order valence-corrected chi connectivity index (χ1v) is 6.62. The molecule has 1 aliphatic carbocycles. The second kappa shape index (κ2) is 5.29. The minimum atomic E-state index is -0.663. The molecule has 0 aliphatic heterocycles. The van der Waals surface area contributed by atoms with E-state index < -0.39 is 5.60 Å². The van der Waals surface area contributed by atoms with Crippen molar-refractivity contribution in [3.05, 3.63) is 29.3 Å². The summed E-state index contributed by atoms with van der Waals surface area (Å²) in [4.78, 5) is 0. The smallest absolute Gasteiger partial charge is 0.119 e. The zero-order valence-corrected chi connectivity index (χ0v) is 11.5. The van der Waals surface area contributed by atoms with Crippen molar-refractivity contribution in [2.24, 2.45) is 0 Å². The van der Waals surface area contributed by atoms with E-state index in [1.165, 1.54) is 17.5 Å². The Bertz CT molecular complexity index is 409. The number of aliphatic hydroxyl groups is 1. The summed E-state index contributed by atoms with van der Waals surface area (Å²) in [5.74, 6) is 0.928. The van der Waals surface area contributed by atoms with Gasteiger partial charge in [0, 0.05) is 12.6 Å². The molecule has 0 amide bonds. The predicted octanol–water partition coefficient (Wildman–Crippen LogP) is 2.43. The van der Waals surface area contributed by atoms with Crippen molar-refractivity contribution < 1.29 is 9.84 Å². The highest BCUT2D eigenvalue weighted by atomic mass is 16.5. The molecule has 0 radical (unpaired) electrons. The van der Waals surface area contributed by atoms with Crippen LogP contribution in [0.5, 0.6) is 5.75 Å². The van der Waals surface area contributed by atoms with E-state index >= 15 is 0 Å². The van der Waals surface area contributed by atoms with Crippen LogP contribution < -0.4 is 10.1 Å². The summed E-state index contributed by atoms with van der Waals surface area (Å²) in [5.41, 5.74) is 2.06. The van der Waals surface area contributed by atoms with Crippen LogP contribution >= 0.6 is 0 Å². The summed E-state index contributed by atoms with van der Waals surface area (Å²) >= 11 is 0. The lowest BCUT2D eigenvalue weighted by Crippen LogP contribution is -2.37. The molecule has 1 unspecified atom stereocenters. The number of methoxy groups -OCH3 is 1. The summed E-state index contributed by atoms with van der Waals surface area (Å²) in [6.45, 7) is 4.28. The molecule has 0 fully saturated rings. The maximum absolute atomic E-state index is 9.80. The van der Waals surface area contributed by atoms with E-state index in [9.17, 15) is 5.11 Å². The summed E-state index contributed by atoms with van der Waals surface area (Å²) < 4.78 is 5.27. The number of nitrogens with one attached hydrogen (secondary N) is 1. The van der Waals surface area contributed by atoms with E-state index in [0.717, 1.165) is 18.6 Å². The fraction of sp³-hybridized carbons (Fsp3) is 0.600. The molecule has 0 bridgehead atoms. The zero-order valence-electron chi connectivity index (χ0n) is 11.5. The van der Waals surface area contributed by atoms with Crippen molar-refractivity contribution in [1.29, 1.82) is 0 Å². The van der Waals surface area contributed by atoms with Crippen LogP contribution in [0.2, 0.25) is 0 Å². The Labute approximate surface area is 109 Å². The molecule has 2 rings (SSSR count). The first-order chi connectivity index (χ1) is 8.49. The molecule has 0 spiro atoms. The number of benzene rings is 1. The quantitative estimate of drug-likeness (QED) is 0.861. The minimum absolute atomic E-state index is 0.353. The normalized spacial score (nSPS) is 19.4. The van der Waals surface area contributed by atoms with Gasteiger partial charge in [-0.05, 0) is 56.4 Å². The first kappa shape index (κ1) is 13.4. The average Bonchev–Trinajstić information content (AvgIpc) is 2.34. The molecule has 3 heteroatoms. The molecule has 1 atom stereocenters. The maximum Gasteiger partial charge on any atom is 0.119 e. The summed E-state index contributed by atoms with van der Waals surface area (Å²) in [7, 11) is 1.70. The van der Waals surface area contributed by atoms with Gasteiger partial charge in [0.25, 0.3) is 0 Å². The van der Waals surface area contributed by atoms with Crippen LogP contribution in [0.25, 0.3) is 0 Å². The highest BCUT2D eigenvalue weighted by Gasteiger charge is 2.22. The third-order valence-corrected chi connectivity index (χ3v) is 3.45. The third kappa shape index (κ3) is 3.24. The Morgan fingerprint density at radius 1 is 1.44 bits per heavy atom. The summed E-state index contributed by atoms with van der Waals surface area (Å²) in [6.07, 6.45) is 3.44. The molecular weight excluding hydrogens is 226 g/mol. The van der Waals surface area contributed by atoms with E-state index in [2.05, 4.69) is 17.4 Å². The summed E-state index contributed by atoms with van der Waals surface area (Å²) in [6, 6.07) is 6.65. The van der Waals surface area contributed by atoms with Crippen molar-refractivity contribution in [3.8, 4) is 5.75 Å². The second-order valence-corrected chi connectivity index (χ2v) is 5.70. The predicted molar refractivity (Wildman–Crippen MR) is 73.0 cm³/mol. The number of rotatable bonds is 4. The number of hydrogen-bond donors (Lipinski definition) is 2. The molecular formula is C15H23NO2. The van der Waals surface area contributed by atoms with Gasteiger partial charge in [-0.25, -0.2) is 0 Å². The number of ether oxygens (including phenoxy) is 1. The Kier molecular flexibility index (Phi) is 3.93. The van der Waals surface area contributed by atoms with Gasteiger partial charge in [-0.3, -0.25) is 0 Å². The van der Waals surface area contributed by atoms with Crippen LogP contribution in [-0.2, 0) is 6.42 Å². The molecule has 2 N–H and O–H groups in total. The van der Waals surface area contributed by atoms with E-state index in [1.807, 2.05) is 19.9 Å². The van der Waals surface area contributed by atoms with E-state index in [-0.39, 0.29) is 0 Å². The minimum Gasteiger partial charge on any atom is -0.497 e. The van der Waals surface area contributed by atoms with Gasteiger partial charge in [0.2, 0.25) is 0 Å². The molecule has 0 aromatic heterocycles. The van der Waals surface area contributed by atoms with E-state index in [0.29, 0.717) is 12.6 Å². The third-order valence-electron chi connectivity index (χ3n) is 3.45. The molecule has 100 valence electrons. The SMILES string of the molecule is COc1ccc2c(c1)CCCC2NCC(C)(C)O. The summed E-state index contributed by atoms with van der Waals surface area (Å²) in [5, 5.41) is 13.3. The molecule has 1 aromatic carbocycles. The van der Waals surface area contributed by atoms with E-state index in [4.69, 9.17) is 4.74 Å². The Morgan fingerprint density at radius 2 is 2.22 bits per heavy atom. The molecule has 0 saturated carbocycles. The van der Waals surface area contributed by atoms with Crippen molar-refractivity contribution in [3.63, 3.8) is 0 Å². The first-order valence-electron chi connectivity index (χ1n) is 6.62. The fourth-order valence-corrected chi connectivity index (χ4v) is 2.50. The van der Waals surface area contributed by atoms with Gasteiger partial charge >= 0.3 is 0 Å². The van der Waals surface area contributed by atoms with Crippen molar-refractivity contribution in [1.82, 2.24) is 5.32 Å². The van der Waals surface area contributed by atoms with Crippen LogP contribution in [0.1, 0.15) is 43.9 Å². The maximum atomic E-state index is 9.80. The molecule has 0 saturated heterocycles. The van der Waals surface area contributed by atoms with Crippen LogP contribution in [0.4, 0.5) is 0 Å². The molecule has 0 heterocycles. The van der Waals surface area contributed by atoms with Crippen LogP contribution in [0.15, 0.2) is 18.2 Å². The number of hydrogen-bond acceptors (Lipinski definition) is 3. The monoisotopic (exact) mass is 249 g/mol. The zero-order chi connectivity index (χ0) is 13.2. The average molecular weight is 249 g/mol. The molecule has 3 nitrogen and oxygen atoms in total. The fourth-order valence-electron chi connectivity index (χ4n) is 2.50. The van der Waals surface area contributed by atoms with Gasteiger partial charge in [-0.1, -0.05) is 6.07 Å². The molecule has 1 aromatic rings. The topological polar surface area (TPSA) is 41.5 Å². The van der Waals surface area contributed by atoms with E-state index in [1.54, 1.807) is 7.11 Å². The Hall–Kier alpha value is -1.06. The standard InChI is InChI=1S/C15H23NO2/c1-15(2,17)10-16-14-6-4-5-11-9-12(18-3)7-8-13(11)14/h7-9,14,16-17H,4-6,10H2,1-3H3. The lowest BCUT2D eigenvalue weighted by Gasteiger charge is -2.29. The number of fused-ring (bicyclic) bond motifs is 1. The largest absolute Gasteiger partial charge is 0.497 e. The van der Waals surface area contributed by atoms with Crippen LogP contribution in [-0.4, -0.2) is 24.4 Å². The van der Waals surface area contributed by atoms with Gasteiger partial charge in [0.1, 0.15) is 5.75 Å². The second-order valence-electron chi connectivity index (χ2n) is 5.70. The van der Waals surface area contributed by atoms with Crippen molar-refractivity contribution in [2.45, 2.75) is 44.8 Å². The Balaban J connectivity index is 2.13. The highest BCUT2D eigenvalue weighted by Crippen LogP contribution is 2.32. The highest BCUT2D eigenvalue weighted by molar-refractivity contribution is 5.39. The Morgan fingerprint density at radius 3 is 2.89 bits per heavy atom. The van der Waals surface area contributed by atoms with Crippen molar-refractivity contribution in [2.75, 3.05) is 13.7 Å². The van der Waals surface area contributed by atoms with Gasteiger partial charge in [-0.15, -0.1) is 0 Å². The molecule has 1 aliphatic rings. The van der Waals surface area contributed by atoms with Crippen molar-refractivity contribution >= 4 is 0 Å². The number of aryl methyl sites for hydroxylation is 1. The lowest BCUT2D eigenvalue weighted by molar-refractivity contribution is 0.0756. The van der Waals surface area contributed by atoms with Gasteiger partial charge in [-0.2, -0.15) is 0 Å². The van der Waals surface area contributed by atoms with Gasteiger partial charge in [0.05, 0.1) is 12.7 Å². The van der Waals surface area contributed by atoms with Crippen LogP contribution in [0.3, 0.4) is 0 Å². The molecule has 18 heavy (non-hydrogen) atoms. The van der Waals surface area contributed by atoms with Gasteiger partial charge < -0.3 is 15.2 Å². The van der Waals surface area contributed by atoms with Crippen LogP contribution in [0, 0.1) is 0 Å². The lowest BCUT2D eigenvalue weighted by atomic mass is 9.87.